The standard InChI is InChI=1S/C26H34N4O5S3/c1-19-6-7-21(34-2)23-24(19)37-26(27-23)30(11-4-10-28-14-16-35-17-15-28)25(31)20-8-12-29(13-9-20)38(32,33)22-5-3-18-36-22/h3,5-7,18,20H,4,8-17H2,1-2H3. The number of ether oxygens (including phenoxy) is 2. The fraction of sp³-hybridized carbons (Fsp3) is 0.538. The van der Waals surface area contributed by atoms with Crippen LogP contribution in [0.4, 0.5) is 5.13 Å². The molecule has 1 amide bonds. The number of sulfonamides is 1. The van der Waals surface area contributed by atoms with Gasteiger partial charge < -0.3 is 9.47 Å². The van der Waals surface area contributed by atoms with Crippen LogP contribution in [0.3, 0.4) is 0 Å². The number of morpholine rings is 1. The van der Waals surface area contributed by atoms with Crippen LogP contribution in [0.5, 0.6) is 5.75 Å². The first kappa shape index (κ1) is 27.5. The normalized spacial score (nSPS) is 18.2. The van der Waals surface area contributed by atoms with Crippen molar-refractivity contribution in [2.75, 3.05) is 64.5 Å². The average molecular weight is 579 g/mol. The fourth-order valence-electron chi connectivity index (χ4n) is 5.06. The second kappa shape index (κ2) is 12.0. The lowest BCUT2D eigenvalue weighted by atomic mass is 9.96. The van der Waals surface area contributed by atoms with E-state index in [1.807, 2.05) is 24.0 Å². The molecule has 2 aromatic heterocycles. The number of benzene rings is 1. The predicted molar refractivity (Wildman–Crippen MR) is 151 cm³/mol. The summed E-state index contributed by atoms with van der Waals surface area (Å²) in [5, 5.41) is 2.44. The second-order valence-electron chi connectivity index (χ2n) is 9.67. The zero-order valence-corrected chi connectivity index (χ0v) is 24.2. The fourth-order valence-corrected chi connectivity index (χ4v) is 8.75. The van der Waals surface area contributed by atoms with E-state index in [-0.39, 0.29) is 11.8 Å². The van der Waals surface area contributed by atoms with Crippen molar-refractivity contribution in [3.63, 3.8) is 0 Å². The summed E-state index contributed by atoms with van der Waals surface area (Å²) >= 11 is 2.74. The summed E-state index contributed by atoms with van der Waals surface area (Å²) in [6, 6.07) is 7.31. The van der Waals surface area contributed by atoms with E-state index >= 15 is 0 Å². The SMILES string of the molecule is COc1ccc(C)c2sc(N(CCCN3CCOCC3)C(=O)C3CCN(S(=O)(=O)c4cccs4)CC3)nc12. The highest BCUT2D eigenvalue weighted by atomic mass is 32.2. The van der Waals surface area contributed by atoms with Crippen molar-refractivity contribution in [3.8, 4) is 5.75 Å². The zero-order chi connectivity index (χ0) is 26.7. The quantitative estimate of drug-likeness (QED) is 0.381. The number of aromatic nitrogens is 1. The Balaban J connectivity index is 1.34. The predicted octanol–water partition coefficient (Wildman–Crippen LogP) is 3.83. The van der Waals surface area contributed by atoms with Crippen molar-refractivity contribution in [1.29, 1.82) is 0 Å². The summed E-state index contributed by atoms with van der Waals surface area (Å²) in [5.41, 5.74) is 1.87. The van der Waals surface area contributed by atoms with E-state index in [0.29, 0.717) is 47.6 Å². The Labute approximate surface area is 232 Å². The third-order valence-electron chi connectivity index (χ3n) is 7.26. The van der Waals surface area contributed by atoms with Crippen molar-refractivity contribution in [1.82, 2.24) is 14.2 Å². The number of methoxy groups -OCH3 is 1. The van der Waals surface area contributed by atoms with Gasteiger partial charge in [-0.3, -0.25) is 14.6 Å². The van der Waals surface area contributed by atoms with Gasteiger partial charge in [0.15, 0.2) is 5.13 Å². The molecule has 0 spiro atoms. The van der Waals surface area contributed by atoms with Gasteiger partial charge in [-0.1, -0.05) is 23.5 Å². The lowest BCUT2D eigenvalue weighted by Gasteiger charge is -2.33. The van der Waals surface area contributed by atoms with Crippen LogP contribution in [0, 0.1) is 12.8 Å². The summed E-state index contributed by atoms with van der Waals surface area (Å²) in [7, 11) is -1.88. The Kier molecular flexibility index (Phi) is 8.65. The number of carbonyl (C=O) groups excluding carboxylic acids is 1. The molecule has 2 saturated heterocycles. The Bertz CT molecular complexity index is 1340. The number of rotatable bonds is 9. The number of hydrogen-bond donors (Lipinski definition) is 0. The highest BCUT2D eigenvalue weighted by Crippen LogP contribution is 2.37. The minimum atomic E-state index is -3.51. The third-order valence-corrected chi connectivity index (χ3v) is 11.7. The number of carbonyl (C=O) groups is 1. The molecular formula is C26H34N4O5S3. The molecule has 0 radical (unpaired) electrons. The number of anilines is 1. The van der Waals surface area contributed by atoms with E-state index in [9.17, 15) is 13.2 Å². The highest BCUT2D eigenvalue weighted by molar-refractivity contribution is 7.91. The van der Waals surface area contributed by atoms with Gasteiger partial charge in [-0.15, -0.1) is 11.3 Å². The van der Waals surface area contributed by atoms with E-state index in [1.165, 1.54) is 27.0 Å². The van der Waals surface area contributed by atoms with Gasteiger partial charge in [0.2, 0.25) is 5.91 Å². The van der Waals surface area contributed by atoms with Crippen LogP contribution in [0.25, 0.3) is 10.2 Å². The summed E-state index contributed by atoms with van der Waals surface area (Å²) in [4.78, 5) is 23.0. The third kappa shape index (κ3) is 5.75. The first-order valence-electron chi connectivity index (χ1n) is 13.0. The molecule has 5 rings (SSSR count). The van der Waals surface area contributed by atoms with Gasteiger partial charge in [0.1, 0.15) is 15.5 Å². The number of fused-ring (bicyclic) bond motifs is 1. The summed E-state index contributed by atoms with van der Waals surface area (Å²) in [5.74, 6) is 0.472. The molecule has 0 atom stereocenters. The minimum Gasteiger partial charge on any atom is -0.494 e. The van der Waals surface area contributed by atoms with Crippen molar-refractivity contribution in [2.45, 2.75) is 30.4 Å². The van der Waals surface area contributed by atoms with Gasteiger partial charge in [0, 0.05) is 45.2 Å². The molecule has 2 fully saturated rings. The number of thiophene rings is 1. The number of thiazole rings is 1. The second-order valence-corrected chi connectivity index (χ2v) is 13.8. The monoisotopic (exact) mass is 578 g/mol. The minimum absolute atomic E-state index is 0.0239. The molecular weight excluding hydrogens is 545 g/mol. The molecule has 206 valence electrons. The van der Waals surface area contributed by atoms with Crippen molar-refractivity contribution >= 4 is 54.0 Å². The molecule has 0 aliphatic carbocycles. The molecule has 3 aromatic rings. The van der Waals surface area contributed by atoms with Crippen LogP contribution < -0.4 is 9.64 Å². The molecule has 12 heteroatoms. The van der Waals surface area contributed by atoms with Crippen molar-refractivity contribution in [3.05, 3.63) is 35.2 Å². The van der Waals surface area contributed by atoms with Crippen LogP contribution in [0.1, 0.15) is 24.8 Å². The van der Waals surface area contributed by atoms with Crippen molar-refractivity contribution in [2.24, 2.45) is 5.92 Å². The molecule has 4 heterocycles. The molecule has 0 N–H and O–H groups in total. The van der Waals surface area contributed by atoms with Gasteiger partial charge in [-0.25, -0.2) is 13.4 Å². The summed E-state index contributed by atoms with van der Waals surface area (Å²) in [6.45, 7) is 7.46. The maximum absolute atomic E-state index is 13.9. The van der Waals surface area contributed by atoms with Gasteiger partial charge in [-0.2, -0.15) is 4.31 Å². The van der Waals surface area contributed by atoms with E-state index < -0.39 is 10.0 Å². The molecule has 2 aliphatic rings. The molecule has 2 aliphatic heterocycles. The molecule has 0 unspecified atom stereocenters. The molecule has 9 nitrogen and oxygen atoms in total. The van der Waals surface area contributed by atoms with Gasteiger partial charge >= 0.3 is 0 Å². The maximum Gasteiger partial charge on any atom is 0.252 e. The zero-order valence-electron chi connectivity index (χ0n) is 21.8. The number of aryl methyl sites for hydroxylation is 1. The molecule has 38 heavy (non-hydrogen) atoms. The number of nitrogens with zero attached hydrogens (tertiary/aromatic N) is 4. The smallest absolute Gasteiger partial charge is 0.252 e. The van der Waals surface area contributed by atoms with Gasteiger partial charge in [0.25, 0.3) is 10.0 Å². The van der Waals surface area contributed by atoms with Crippen LogP contribution in [0.15, 0.2) is 33.9 Å². The number of hydrogen-bond acceptors (Lipinski definition) is 9. The maximum atomic E-state index is 13.9. The Morgan fingerprint density at radius 2 is 1.95 bits per heavy atom. The molecule has 0 saturated carbocycles. The first-order chi connectivity index (χ1) is 18.4. The largest absolute Gasteiger partial charge is 0.494 e. The van der Waals surface area contributed by atoms with E-state index in [2.05, 4.69) is 4.90 Å². The van der Waals surface area contributed by atoms with Crippen LogP contribution in [-0.4, -0.2) is 88.1 Å². The van der Waals surface area contributed by atoms with Crippen LogP contribution in [0.2, 0.25) is 0 Å². The van der Waals surface area contributed by atoms with E-state index in [1.54, 1.807) is 24.6 Å². The Hall–Kier alpha value is -2.09. The lowest BCUT2D eigenvalue weighted by molar-refractivity contribution is -0.123. The number of piperidine rings is 1. The molecule has 0 bridgehead atoms. The lowest BCUT2D eigenvalue weighted by Crippen LogP contribution is -2.45. The average Bonchev–Trinajstić information content (AvgIpc) is 3.64. The highest BCUT2D eigenvalue weighted by Gasteiger charge is 2.35. The summed E-state index contributed by atoms with van der Waals surface area (Å²) in [6.07, 6.45) is 1.82. The number of amides is 1. The Morgan fingerprint density at radius 1 is 1.18 bits per heavy atom. The first-order valence-corrected chi connectivity index (χ1v) is 16.1. The Morgan fingerprint density at radius 3 is 2.63 bits per heavy atom. The van der Waals surface area contributed by atoms with Crippen LogP contribution >= 0.6 is 22.7 Å². The molecule has 1 aromatic carbocycles. The topological polar surface area (TPSA) is 92.3 Å². The summed E-state index contributed by atoms with van der Waals surface area (Å²) < 4.78 is 39.8. The van der Waals surface area contributed by atoms with Crippen molar-refractivity contribution < 1.29 is 22.7 Å². The van der Waals surface area contributed by atoms with E-state index in [0.717, 1.165) is 55.0 Å². The van der Waals surface area contributed by atoms with Gasteiger partial charge in [-0.05, 0) is 49.3 Å². The van der Waals surface area contributed by atoms with Crippen LogP contribution in [-0.2, 0) is 19.6 Å². The van der Waals surface area contributed by atoms with Gasteiger partial charge in [0.05, 0.1) is 25.0 Å². The van der Waals surface area contributed by atoms with E-state index in [4.69, 9.17) is 14.5 Å².